The van der Waals surface area contributed by atoms with Gasteiger partial charge in [0.15, 0.2) is 5.84 Å². The first-order valence-corrected chi connectivity index (χ1v) is 9.56. The molecule has 2 heterocycles. The molecule has 5 heteroatoms. The van der Waals surface area contributed by atoms with Crippen molar-refractivity contribution < 1.29 is 4.84 Å². The molecule has 4 nitrogen and oxygen atoms in total. The standard InChI is InChI=1S/C23H18ClN3O/c1-23-15-20(16-7-3-2-4-8-16)25-19-9-5-6-10-21(19)27(23)22(26-28-23)17-11-13-18(24)14-12-17/h2-14H,15H2,1H3/t23-/m1/s1. The molecule has 0 saturated carbocycles. The lowest BCUT2D eigenvalue weighted by Crippen LogP contribution is -2.47. The van der Waals surface area contributed by atoms with Gasteiger partial charge in [0.2, 0.25) is 5.72 Å². The highest BCUT2D eigenvalue weighted by Gasteiger charge is 2.46. The third-order valence-corrected chi connectivity index (χ3v) is 5.35. The Morgan fingerprint density at radius 2 is 1.61 bits per heavy atom. The molecule has 0 radical (unpaired) electrons. The molecule has 3 aromatic carbocycles. The number of oxime groups is 1. The molecule has 28 heavy (non-hydrogen) atoms. The van der Waals surface area contributed by atoms with Gasteiger partial charge in [-0.25, -0.2) is 0 Å². The van der Waals surface area contributed by atoms with Gasteiger partial charge in [-0.1, -0.05) is 59.2 Å². The molecular formula is C23H18ClN3O. The molecule has 0 aliphatic carbocycles. The summed E-state index contributed by atoms with van der Waals surface area (Å²) < 4.78 is 0. The number of halogens is 1. The molecule has 0 aromatic heterocycles. The predicted octanol–water partition coefficient (Wildman–Crippen LogP) is 5.78. The molecule has 0 amide bonds. The summed E-state index contributed by atoms with van der Waals surface area (Å²) in [6, 6.07) is 26.0. The summed E-state index contributed by atoms with van der Waals surface area (Å²) in [4.78, 5) is 13.2. The molecule has 0 N–H and O–H groups in total. The molecular weight excluding hydrogens is 370 g/mol. The number of fused-ring (bicyclic) bond motifs is 3. The number of para-hydroxylation sites is 2. The van der Waals surface area contributed by atoms with Crippen LogP contribution in [-0.4, -0.2) is 17.3 Å². The van der Waals surface area contributed by atoms with Crippen molar-refractivity contribution in [2.75, 3.05) is 4.90 Å². The lowest BCUT2D eigenvalue weighted by molar-refractivity contribution is 0.00471. The summed E-state index contributed by atoms with van der Waals surface area (Å²) >= 11 is 6.07. The van der Waals surface area contributed by atoms with E-state index in [1.807, 2.05) is 60.7 Å². The highest BCUT2D eigenvalue weighted by atomic mass is 35.5. The Bertz CT molecular complexity index is 1090. The molecule has 2 aliphatic heterocycles. The largest absolute Gasteiger partial charge is 0.365 e. The van der Waals surface area contributed by atoms with E-state index in [4.69, 9.17) is 21.4 Å². The van der Waals surface area contributed by atoms with Gasteiger partial charge in [-0.05, 0) is 48.9 Å². The summed E-state index contributed by atoms with van der Waals surface area (Å²) in [5, 5.41) is 5.16. The summed E-state index contributed by atoms with van der Waals surface area (Å²) in [7, 11) is 0. The Balaban J connectivity index is 1.65. The van der Waals surface area contributed by atoms with Crippen LogP contribution in [0.25, 0.3) is 0 Å². The van der Waals surface area contributed by atoms with E-state index in [9.17, 15) is 0 Å². The van der Waals surface area contributed by atoms with Crippen molar-refractivity contribution in [3.63, 3.8) is 0 Å². The maximum Gasteiger partial charge on any atom is 0.218 e. The molecule has 0 spiro atoms. The van der Waals surface area contributed by atoms with Gasteiger partial charge in [-0.3, -0.25) is 9.89 Å². The molecule has 2 aliphatic rings. The van der Waals surface area contributed by atoms with Crippen LogP contribution >= 0.6 is 11.6 Å². The Kier molecular flexibility index (Phi) is 3.95. The highest BCUT2D eigenvalue weighted by molar-refractivity contribution is 6.30. The number of amidine groups is 1. The number of rotatable bonds is 2. The normalized spacial score (nSPS) is 20.4. The average Bonchev–Trinajstić information content (AvgIpc) is 2.99. The van der Waals surface area contributed by atoms with Crippen LogP contribution in [0.5, 0.6) is 0 Å². The van der Waals surface area contributed by atoms with E-state index in [1.165, 1.54) is 0 Å². The van der Waals surface area contributed by atoms with Crippen LogP contribution in [0.4, 0.5) is 11.4 Å². The van der Waals surface area contributed by atoms with Crippen LogP contribution in [0.1, 0.15) is 24.5 Å². The van der Waals surface area contributed by atoms with Gasteiger partial charge >= 0.3 is 0 Å². The second-order valence-corrected chi connectivity index (χ2v) is 7.55. The first-order chi connectivity index (χ1) is 13.6. The van der Waals surface area contributed by atoms with Gasteiger partial charge in [-0.15, -0.1) is 0 Å². The zero-order valence-corrected chi connectivity index (χ0v) is 16.1. The third kappa shape index (κ3) is 2.77. The van der Waals surface area contributed by atoms with Crippen molar-refractivity contribution in [1.29, 1.82) is 0 Å². The molecule has 0 saturated heterocycles. The third-order valence-electron chi connectivity index (χ3n) is 5.10. The predicted molar refractivity (Wildman–Crippen MR) is 114 cm³/mol. The maximum atomic E-state index is 6.07. The quantitative estimate of drug-likeness (QED) is 0.559. The van der Waals surface area contributed by atoms with Gasteiger partial charge in [0.25, 0.3) is 0 Å². The van der Waals surface area contributed by atoms with Crippen LogP contribution in [-0.2, 0) is 4.84 Å². The Hall–Kier alpha value is -3.11. The van der Waals surface area contributed by atoms with Crippen LogP contribution in [0, 0.1) is 0 Å². The smallest absolute Gasteiger partial charge is 0.218 e. The van der Waals surface area contributed by atoms with Crippen molar-refractivity contribution in [1.82, 2.24) is 0 Å². The minimum absolute atomic E-state index is 0.603. The molecule has 0 fully saturated rings. The lowest BCUT2D eigenvalue weighted by atomic mass is 9.99. The van der Waals surface area contributed by atoms with Crippen LogP contribution < -0.4 is 4.90 Å². The van der Waals surface area contributed by atoms with E-state index >= 15 is 0 Å². The topological polar surface area (TPSA) is 37.2 Å². The molecule has 3 aromatic rings. The zero-order chi connectivity index (χ0) is 19.1. The number of benzene rings is 3. The van der Waals surface area contributed by atoms with Gasteiger partial charge in [0, 0.05) is 10.6 Å². The fourth-order valence-electron chi connectivity index (χ4n) is 3.75. The van der Waals surface area contributed by atoms with E-state index in [0.717, 1.165) is 34.0 Å². The monoisotopic (exact) mass is 387 g/mol. The number of nitrogens with zero attached hydrogens (tertiary/aromatic N) is 3. The van der Waals surface area contributed by atoms with Gasteiger partial charge in [0.1, 0.15) is 0 Å². The van der Waals surface area contributed by atoms with E-state index < -0.39 is 5.72 Å². The lowest BCUT2D eigenvalue weighted by Gasteiger charge is -2.33. The SMILES string of the molecule is C[C@@]12CC(c3ccccc3)=Nc3ccccc3N1C(c1ccc(Cl)cc1)=NO2. The molecule has 0 unspecified atom stereocenters. The first kappa shape index (κ1) is 17.0. The number of anilines is 1. The van der Waals surface area contributed by atoms with Gasteiger partial charge in [-0.2, -0.15) is 0 Å². The number of aliphatic imine (C=N–C) groups is 1. The minimum Gasteiger partial charge on any atom is -0.365 e. The average molecular weight is 388 g/mol. The summed E-state index contributed by atoms with van der Waals surface area (Å²) in [5.41, 5.74) is 4.22. The van der Waals surface area contributed by atoms with Crippen molar-refractivity contribution in [2.45, 2.75) is 19.1 Å². The molecule has 5 rings (SSSR count). The van der Waals surface area contributed by atoms with E-state index in [0.29, 0.717) is 11.4 Å². The second kappa shape index (κ2) is 6.50. The molecule has 138 valence electrons. The summed E-state index contributed by atoms with van der Waals surface area (Å²) in [5.74, 6) is 0.760. The Labute approximate surface area is 168 Å². The van der Waals surface area contributed by atoms with E-state index in [2.05, 4.69) is 35.2 Å². The van der Waals surface area contributed by atoms with Crippen LogP contribution in [0.15, 0.2) is 89.0 Å². The van der Waals surface area contributed by atoms with Crippen LogP contribution in [0.3, 0.4) is 0 Å². The fraction of sp³-hybridized carbons (Fsp3) is 0.130. The number of hydrogen-bond acceptors (Lipinski definition) is 4. The fourth-order valence-corrected chi connectivity index (χ4v) is 3.87. The van der Waals surface area contributed by atoms with Gasteiger partial charge in [0.05, 0.1) is 23.5 Å². The zero-order valence-electron chi connectivity index (χ0n) is 15.3. The second-order valence-electron chi connectivity index (χ2n) is 7.11. The van der Waals surface area contributed by atoms with Crippen molar-refractivity contribution >= 4 is 34.5 Å². The van der Waals surface area contributed by atoms with Crippen molar-refractivity contribution in [3.8, 4) is 0 Å². The summed E-state index contributed by atoms with van der Waals surface area (Å²) in [6.07, 6.45) is 0.603. The molecule has 0 bridgehead atoms. The van der Waals surface area contributed by atoms with Crippen molar-refractivity contribution in [3.05, 3.63) is 95.0 Å². The molecule has 1 atom stereocenters. The summed E-state index contributed by atoms with van der Waals surface area (Å²) in [6.45, 7) is 2.06. The van der Waals surface area contributed by atoms with Crippen LogP contribution in [0.2, 0.25) is 5.02 Å². The minimum atomic E-state index is -0.670. The highest BCUT2D eigenvalue weighted by Crippen LogP contribution is 2.43. The Morgan fingerprint density at radius 1 is 0.893 bits per heavy atom. The first-order valence-electron chi connectivity index (χ1n) is 9.18. The van der Waals surface area contributed by atoms with E-state index in [-0.39, 0.29) is 0 Å². The maximum absolute atomic E-state index is 6.07. The van der Waals surface area contributed by atoms with E-state index in [1.54, 1.807) is 0 Å². The van der Waals surface area contributed by atoms with Crippen molar-refractivity contribution in [2.24, 2.45) is 10.1 Å². The van der Waals surface area contributed by atoms with Gasteiger partial charge < -0.3 is 4.84 Å². The Morgan fingerprint density at radius 3 is 2.39 bits per heavy atom. The number of hydrogen-bond donors (Lipinski definition) is 0.